The fourth-order valence-electron chi connectivity index (χ4n) is 3.59. The molecule has 0 aromatic heterocycles. The third-order valence-corrected chi connectivity index (χ3v) is 7.13. The molecule has 8 heteroatoms. The minimum atomic E-state index is -3.71. The summed E-state index contributed by atoms with van der Waals surface area (Å²) in [6.45, 7) is 5.03. The van der Waals surface area contributed by atoms with Gasteiger partial charge in [0.05, 0.1) is 12.0 Å². The highest BCUT2D eigenvalue weighted by atomic mass is 32.2. The van der Waals surface area contributed by atoms with Gasteiger partial charge in [0.2, 0.25) is 15.9 Å². The van der Waals surface area contributed by atoms with E-state index < -0.39 is 10.0 Å². The van der Waals surface area contributed by atoms with E-state index in [0.717, 1.165) is 24.2 Å². The first-order valence-electron chi connectivity index (χ1n) is 10.4. The molecule has 0 saturated carbocycles. The van der Waals surface area contributed by atoms with Crippen molar-refractivity contribution in [1.29, 1.82) is 0 Å². The van der Waals surface area contributed by atoms with Crippen LogP contribution >= 0.6 is 0 Å². The van der Waals surface area contributed by atoms with Crippen LogP contribution in [-0.4, -0.2) is 41.2 Å². The van der Waals surface area contributed by atoms with Gasteiger partial charge in [-0.2, -0.15) is 0 Å². The summed E-state index contributed by atoms with van der Waals surface area (Å²) < 4.78 is 39.4. The maximum Gasteiger partial charge on any atom is 0.240 e. The Morgan fingerprint density at radius 1 is 1.06 bits per heavy atom. The Kier molecular flexibility index (Phi) is 7.35. The first-order valence-corrected chi connectivity index (χ1v) is 11.9. The van der Waals surface area contributed by atoms with Gasteiger partial charge in [-0.05, 0) is 54.8 Å². The number of amides is 1. The van der Waals surface area contributed by atoms with Crippen LogP contribution in [0.3, 0.4) is 0 Å². The van der Waals surface area contributed by atoms with Crippen molar-refractivity contribution in [3.63, 3.8) is 0 Å². The molecule has 0 bridgehead atoms. The molecule has 0 radical (unpaired) electrons. The smallest absolute Gasteiger partial charge is 0.240 e. The molecule has 1 aliphatic heterocycles. The summed E-state index contributed by atoms with van der Waals surface area (Å²) >= 11 is 0. The summed E-state index contributed by atoms with van der Waals surface area (Å²) in [6.07, 6.45) is 1.45. The molecule has 0 aliphatic carbocycles. The van der Waals surface area contributed by atoms with Crippen LogP contribution in [0.4, 0.5) is 5.69 Å². The second-order valence-corrected chi connectivity index (χ2v) is 9.88. The Bertz CT molecular complexity index is 980. The summed E-state index contributed by atoms with van der Waals surface area (Å²) in [5.41, 5.74) is 1.28. The molecule has 1 aliphatic rings. The monoisotopic (exact) mass is 446 g/mol. The van der Waals surface area contributed by atoms with Crippen LogP contribution in [0.5, 0.6) is 5.75 Å². The van der Waals surface area contributed by atoms with Gasteiger partial charge in [0.25, 0.3) is 0 Å². The van der Waals surface area contributed by atoms with Crippen LogP contribution in [0.15, 0.2) is 53.4 Å². The van der Waals surface area contributed by atoms with E-state index in [9.17, 15) is 13.2 Å². The van der Waals surface area contributed by atoms with Gasteiger partial charge in [-0.3, -0.25) is 4.79 Å². The molecular formula is C23H30N2O5S. The third kappa shape index (κ3) is 5.64. The number of carbonyl (C=O) groups excluding carboxylic acids is 1. The predicted molar refractivity (Wildman–Crippen MR) is 120 cm³/mol. The second-order valence-electron chi connectivity index (χ2n) is 8.11. The van der Waals surface area contributed by atoms with E-state index in [2.05, 4.69) is 10.0 Å². The van der Waals surface area contributed by atoms with Gasteiger partial charge < -0.3 is 14.8 Å². The fraction of sp³-hybridized carbons (Fsp3) is 0.435. The molecule has 0 atom stereocenters. The minimum Gasteiger partial charge on any atom is -0.497 e. The van der Waals surface area contributed by atoms with Crippen molar-refractivity contribution in [3.05, 3.63) is 54.1 Å². The van der Waals surface area contributed by atoms with Crippen LogP contribution < -0.4 is 14.8 Å². The molecule has 1 saturated heterocycles. The number of hydrogen-bond acceptors (Lipinski definition) is 5. The number of hydrogen-bond donors (Lipinski definition) is 2. The molecule has 1 heterocycles. The first-order chi connectivity index (χ1) is 14.8. The molecule has 1 amide bonds. The Morgan fingerprint density at radius 3 is 2.23 bits per heavy atom. The summed E-state index contributed by atoms with van der Waals surface area (Å²) in [5.74, 6) is 0.490. The van der Waals surface area contributed by atoms with Gasteiger partial charge in [-0.25, -0.2) is 13.1 Å². The second kappa shape index (κ2) is 9.80. The molecular weight excluding hydrogens is 416 g/mol. The summed E-state index contributed by atoms with van der Waals surface area (Å²) in [7, 11) is -2.09. The SMILES string of the molecule is COc1ccc(C2(CNS(=O)(=O)c3ccc(NC(=O)C(C)C)cc3)CCOCC2)cc1. The van der Waals surface area contributed by atoms with E-state index in [-0.39, 0.29) is 28.7 Å². The zero-order valence-electron chi connectivity index (χ0n) is 18.2. The Labute approximate surface area is 184 Å². The van der Waals surface area contributed by atoms with Crippen molar-refractivity contribution in [1.82, 2.24) is 4.72 Å². The highest BCUT2D eigenvalue weighted by molar-refractivity contribution is 7.89. The van der Waals surface area contributed by atoms with Crippen molar-refractivity contribution in [2.75, 3.05) is 32.2 Å². The van der Waals surface area contributed by atoms with Crippen molar-refractivity contribution in [2.45, 2.75) is 37.0 Å². The number of rotatable bonds is 8. The van der Waals surface area contributed by atoms with Crippen molar-refractivity contribution >= 4 is 21.6 Å². The molecule has 3 rings (SSSR count). The van der Waals surface area contributed by atoms with Crippen molar-refractivity contribution in [3.8, 4) is 5.75 Å². The average Bonchev–Trinajstić information content (AvgIpc) is 2.79. The quantitative estimate of drug-likeness (QED) is 0.649. The summed E-state index contributed by atoms with van der Waals surface area (Å²) in [5, 5.41) is 2.76. The van der Waals surface area contributed by atoms with Crippen LogP contribution in [-0.2, 0) is 25.0 Å². The lowest BCUT2D eigenvalue weighted by atomic mass is 9.74. The molecule has 168 valence electrons. The first kappa shape index (κ1) is 23.2. The number of sulfonamides is 1. The Hall–Kier alpha value is -2.42. The molecule has 31 heavy (non-hydrogen) atoms. The highest BCUT2D eigenvalue weighted by Crippen LogP contribution is 2.35. The molecule has 2 N–H and O–H groups in total. The molecule has 0 unspecified atom stereocenters. The number of methoxy groups -OCH3 is 1. The van der Waals surface area contributed by atoms with E-state index in [4.69, 9.17) is 9.47 Å². The van der Waals surface area contributed by atoms with E-state index in [0.29, 0.717) is 18.9 Å². The van der Waals surface area contributed by atoms with Gasteiger partial charge in [-0.15, -0.1) is 0 Å². The molecule has 1 fully saturated rings. The van der Waals surface area contributed by atoms with E-state index in [1.54, 1.807) is 33.1 Å². The number of benzene rings is 2. The van der Waals surface area contributed by atoms with Gasteiger partial charge in [-0.1, -0.05) is 26.0 Å². The predicted octanol–water partition coefficient (Wildman–Crippen LogP) is 3.32. The highest BCUT2D eigenvalue weighted by Gasteiger charge is 2.35. The summed E-state index contributed by atoms with van der Waals surface area (Å²) in [6, 6.07) is 14.0. The molecule has 2 aromatic carbocycles. The van der Waals surface area contributed by atoms with E-state index >= 15 is 0 Å². The molecule has 0 spiro atoms. The van der Waals surface area contributed by atoms with Crippen LogP contribution in [0.25, 0.3) is 0 Å². The lowest BCUT2D eigenvalue weighted by Gasteiger charge is -2.38. The Morgan fingerprint density at radius 2 is 1.68 bits per heavy atom. The number of anilines is 1. The van der Waals surface area contributed by atoms with Crippen molar-refractivity contribution < 1.29 is 22.7 Å². The van der Waals surface area contributed by atoms with Gasteiger partial charge >= 0.3 is 0 Å². The lowest BCUT2D eigenvalue weighted by Crippen LogP contribution is -2.44. The number of carbonyl (C=O) groups is 1. The van der Waals surface area contributed by atoms with Crippen molar-refractivity contribution in [2.24, 2.45) is 5.92 Å². The fourth-order valence-corrected chi connectivity index (χ4v) is 4.72. The van der Waals surface area contributed by atoms with E-state index in [1.165, 1.54) is 12.1 Å². The largest absolute Gasteiger partial charge is 0.497 e. The molecule has 7 nitrogen and oxygen atoms in total. The van der Waals surface area contributed by atoms with Gasteiger partial charge in [0.15, 0.2) is 0 Å². The average molecular weight is 447 g/mol. The maximum atomic E-state index is 12.9. The van der Waals surface area contributed by atoms with Crippen LogP contribution in [0.1, 0.15) is 32.3 Å². The minimum absolute atomic E-state index is 0.116. The van der Waals surface area contributed by atoms with E-state index in [1.807, 2.05) is 24.3 Å². The van der Waals surface area contributed by atoms with Gasteiger partial charge in [0.1, 0.15) is 5.75 Å². The zero-order chi connectivity index (χ0) is 22.5. The Balaban J connectivity index is 1.75. The topological polar surface area (TPSA) is 93.7 Å². The lowest BCUT2D eigenvalue weighted by molar-refractivity contribution is -0.118. The summed E-state index contributed by atoms with van der Waals surface area (Å²) in [4.78, 5) is 12.0. The maximum absolute atomic E-state index is 12.9. The normalized spacial score (nSPS) is 16.1. The van der Waals surface area contributed by atoms with Crippen LogP contribution in [0.2, 0.25) is 0 Å². The zero-order valence-corrected chi connectivity index (χ0v) is 19.0. The van der Waals surface area contributed by atoms with Gasteiger partial charge in [0, 0.05) is 36.8 Å². The molecule has 2 aromatic rings. The standard InChI is InChI=1S/C23H30N2O5S/c1-17(2)22(26)25-19-6-10-21(11-7-19)31(27,28)24-16-23(12-14-30-15-13-23)18-4-8-20(29-3)9-5-18/h4-11,17,24H,12-16H2,1-3H3,(H,25,26). The number of ether oxygens (including phenoxy) is 2. The van der Waals surface area contributed by atoms with Crippen LogP contribution in [0, 0.1) is 5.92 Å². The third-order valence-electron chi connectivity index (χ3n) is 5.71. The number of nitrogens with one attached hydrogen (secondary N) is 2.